The minimum absolute atomic E-state index is 0.0831. The summed E-state index contributed by atoms with van der Waals surface area (Å²) in [6, 6.07) is 18.2. The monoisotopic (exact) mass is 429 g/mol. The molecule has 5 rings (SSSR count). The van der Waals surface area contributed by atoms with Crippen LogP contribution in [0.3, 0.4) is 0 Å². The van der Waals surface area contributed by atoms with E-state index >= 15 is 0 Å². The standard InChI is InChI=1S/C25H19NO6/c1-29-21-10-6-9-17-14-20(16-7-4-3-5-8-16)25(31-23(17)21)12-11-18-13-19(26(27)28)15-22(30-2)24(18)32-25/h3-15H,1-2H3. The zero-order chi connectivity index (χ0) is 22.3. The number of benzene rings is 3. The van der Waals surface area contributed by atoms with Crippen LogP contribution < -0.4 is 18.9 Å². The van der Waals surface area contributed by atoms with Crippen LogP contribution in [0.5, 0.6) is 23.0 Å². The number of para-hydroxylation sites is 1. The van der Waals surface area contributed by atoms with Crippen molar-refractivity contribution >= 4 is 23.4 Å². The number of nitro benzene ring substituents is 1. The van der Waals surface area contributed by atoms with E-state index in [2.05, 4.69) is 0 Å². The highest BCUT2D eigenvalue weighted by Gasteiger charge is 2.45. The molecule has 0 fully saturated rings. The van der Waals surface area contributed by atoms with Gasteiger partial charge in [0.25, 0.3) is 11.5 Å². The highest BCUT2D eigenvalue weighted by atomic mass is 16.7. The Labute approximate surface area is 184 Å². The number of fused-ring (bicyclic) bond motifs is 2. The second-order valence-electron chi connectivity index (χ2n) is 7.33. The van der Waals surface area contributed by atoms with E-state index in [1.54, 1.807) is 19.3 Å². The van der Waals surface area contributed by atoms with Crippen molar-refractivity contribution < 1.29 is 23.9 Å². The van der Waals surface area contributed by atoms with E-state index in [1.807, 2.05) is 54.6 Å². The second kappa shape index (κ2) is 7.46. The Morgan fingerprint density at radius 1 is 0.875 bits per heavy atom. The van der Waals surface area contributed by atoms with Gasteiger partial charge in [0, 0.05) is 28.8 Å². The van der Waals surface area contributed by atoms with Gasteiger partial charge < -0.3 is 18.9 Å². The fraction of sp³-hybridized carbons (Fsp3) is 0.120. The summed E-state index contributed by atoms with van der Waals surface area (Å²) in [4.78, 5) is 10.9. The molecule has 3 aromatic rings. The first-order valence-electron chi connectivity index (χ1n) is 9.93. The molecule has 1 atom stereocenters. The van der Waals surface area contributed by atoms with E-state index in [0.29, 0.717) is 22.8 Å². The summed E-state index contributed by atoms with van der Waals surface area (Å²) < 4.78 is 23.9. The van der Waals surface area contributed by atoms with Crippen LogP contribution in [0.4, 0.5) is 5.69 Å². The molecule has 1 unspecified atom stereocenters. The SMILES string of the molecule is COc1cccc2c1OC1(C=Cc3cc([N+](=O)[O-])cc(OC)c3O1)C(c1ccccc1)=C2. The third-order valence-corrected chi connectivity index (χ3v) is 5.48. The van der Waals surface area contributed by atoms with Gasteiger partial charge in [0.1, 0.15) is 0 Å². The van der Waals surface area contributed by atoms with Crippen molar-refractivity contribution in [2.75, 3.05) is 14.2 Å². The Bertz CT molecular complexity index is 1280. The Hall–Kier alpha value is -4.26. The maximum absolute atomic E-state index is 11.3. The molecular formula is C25H19NO6. The Morgan fingerprint density at radius 2 is 1.59 bits per heavy atom. The number of nitro groups is 1. The molecule has 0 bridgehead atoms. The van der Waals surface area contributed by atoms with Crippen LogP contribution in [-0.4, -0.2) is 24.9 Å². The molecule has 1 spiro atoms. The molecule has 0 saturated carbocycles. The summed E-state index contributed by atoms with van der Waals surface area (Å²) in [6.45, 7) is 0. The second-order valence-corrected chi connectivity index (χ2v) is 7.33. The third kappa shape index (κ3) is 3.06. The number of hydrogen-bond acceptors (Lipinski definition) is 6. The molecule has 0 N–H and O–H groups in total. The Balaban J connectivity index is 1.71. The maximum Gasteiger partial charge on any atom is 0.299 e. The van der Waals surface area contributed by atoms with Crippen LogP contribution in [0.2, 0.25) is 0 Å². The number of non-ortho nitro benzene ring substituents is 1. The van der Waals surface area contributed by atoms with Crippen LogP contribution in [0.15, 0.2) is 66.7 Å². The van der Waals surface area contributed by atoms with Crippen molar-refractivity contribution in [1.29, 1.82) is 0 Å². The topological polar surface area (TPSA) is 80.1 Å². The van der Waals surface area contributed by atoms with Gasteiger partial charge >= 0.3 is 0 Å². The lowest BCUT2D eigenvalue weighted by molar-refractivity contribution is -0.385. The summed E-state index contributed by atoms with van der Waals surface area (Å²) in [5.74, 6) is 0.409. The largest absolute Gasteiger partial charge is 0.493 e. The fourth-order valence-electron chi connectivity index (χ4n) is 3.96. The molecule has 2 heterocycles. The van der Waals surface area contributed by atoms with Crippen LogP contribution >= 0.6 is 0 Å². The highest BCUT2D eigenvalue weighted by Crippen LogP contribution is 2.50. The molecule has 160 valence electrons. The smallest absolute Gasteiger partial charge is 0.299 e. The molecule has 2 aliphatic heterocycles. The van der Waals surface area contributed by atoms with Gasteiger partial charge in [-0.25, -0.2) is 0 Å². The molecule has 32 heavy (non-hydrogen) atoms. The molecule has 0 aromatic heterocycles. The zero-order valence-electron chi connectivity index (χ0n) is 17.4. The molecule has 0 aliphatic carbocycles. The van der Waals surface area contributed by atoms with Gasteiger partial charge in [-0.3, -0.25) is 10.1 Å². The van der Waals surface area contributed by atoms with Crippen molar-refractivity contribution in [3.63, 3.8) is 0 Å². The summed E-state index contributed by atoms with van der Waals surface area (Å²) in [5.41, 5.74) is 2.99. The molecular weight excluding hydrogens is 410 g/mol. The molecule has 7 nitrogen and oxygen atoms in total. The van der Waals surface area contributed by atoms with Crippen LogP contribution in [0.25, 0.3) is 17.7 Å². The van der Waals surface area contributed by atoms with Crippen molar-refractivity contribution in [3.05, 3.63) is 93.5 Å². The van der Waals surface area contributed by atoms with Gasteiger partial charge in [-0.2, -0.15) is 0 Å². The molecule has 0 radical (unpaired) electrons. The number of hydrogen-bond donors (Lipinski definition) is 0. The maximum atomic E-state index is 11.3. The normalized spacial score (nSPS) is 18.0. The summed E-state index contributed by atoms with van der Waals surface area (Å²) in [5, 5.41) is 11.3. The summed E-state index contributed by atoms with van der Waals surface area (Å²) in [7, 11) is 3.03. The molecule has 2 aliphatic rings. The van der Waals surface area contributed by atoms with Gasteiger partial charge in [-0.05, 0) is 23.8 Å². The lowest BCUT2D eigenvalue weighted by Crippen LogP contribution is -2.44. The Morgan fingerprint density at radius 3 is 2.28 bits per heavy atom. The lowest BCUT2D eigenvalue weighted by Gasteiger charge is -2.40. The van der Waals surface area contributed by atoms with E-state index < -0.39 is 10.7 Å². The van der Waals surface area contributed by atoms with Crippen LogP contribution in [0.1, 0.15) is 16.7 Å². The van der Waals surface area contributed by atoms with E-state index in [1.165, 1.54) is 19.2 Å². The molecule has 7 heteroatoms. The number of methoxy groups -OCH3 is 2. The first-order chi connectivity index (χ1) is 15.5. The van der Waals surface area contributed by atoms with Crippen molar-refractivity contribution in [3.8, 4) is 23.0 Å². The van der Waals surface area contributed by atoms with Gasteiger partial charge in [-0.1, -0.05) is 42.5 Å². The first-order valence-corrected chi connectivity index (χ1v) is 9.93. The van der Waals surface area contributed by atoms with Gasteiger partial charge in [-0.15, -0.1) is 0 Å². The predicted molar refractivity (Wildman–Crippen MR) is 120 cm³/mol. The third-order valence-electron chi connectivity index (χ3n) is 5.48. The van der Waals surface area contributed by atoms with Crippen LogP contribution in [-0.2, 0) is 0 Å². The van der Waals surface area contributed by atoms with Gasteiger partial charge in [0.15, 0.2) is 23.0 Å². The number of ether oxygens (including phenoxy) is 4. The first kappa shape index (κ1) is 19.7. The van der Waals surface area contributed by atoms with Crippen LogP contribution in [0, 0.1) is 10.1 Å². The van der Waals surface area contributed by atoms with Crippen molar-refractivity contribution in [1.82, 2.24) is 0 Å². The van der Waals surface area contributed by atoms with Gasteiger partial charge in [0.2, 0.25) is 0 Å². The summed E-state index contributed by atoms with van der Waals surface area (Å²) >= 11 is 0. The van der Waals surface area contributed by atoms with Crippen molar-refractivity contribution in [2.24, 2.45) is 0 Å². The lowest BCUT2D eigenvalue weighted by atomic mass is 9.90. The predicted octanol–water partition coefficient (Wildman–Crippen LogP) is 5.35. The van der Waals surface area contributed by atoms with E-state index in [0.717, 1.165) is 16.7 Å². The zero-order valence-corrected chi connectivity index (χ0v) is 17.4. The molecule has 0 saturated heterocycles. The molecule has 0 amide bonds. The fourth-order valence-corrected chi connectivity index (χ4v) is 3.96. The quantitative estimate of drug-likeness (QED) is 0.411. The van der Waals surface area contributed by atoms with E-state index in [4.69, 9.17) is 18.9 Å². The average Bonchev–Trinajstić information content (AvgIpc) is 2.83. The average molecular weight is 429 g/mol. The highest BCUT2D eigenvalue weighted by molar-refractivity contribution is 5.92. The number of rotatable bonds is 4. The van der Waals surface area contributed by atoms with E-state index in [9.17, 15) is 10.1 Å². The van der Waals surface area contributed by atoms with Crippen molar-refractivity contribution in [2.45, 2.75) is 5.79 Å². The molecule has 3 aromatic carbocycles. The van der Waals surface area contributed by atoms with E-state index in [-0.39, 0.29) is 11.4 Å². The summed E-state index contributed by atoms with van der Waals surface area (Å²) in [6.07, 6.45) is 5.52. The number of nitrogens with zero attached hydrogens (tertiary/aromatic N) is 1. The minimum Gasteiger partial charge on any atom is -0.493 e. The van der Waals surface area contributed by atoms with Gasteiger partial charge in [0.05, 0.1) is 25.2 Å². The minimum atomic E-state index is -1.32. The Kier molecular flexibility index (Phi) is 4.59.